The van der Waals surface area contributed by atoms with E-state index in [-0.39, 0.29) is 6.04 Å². The van der Waals surface area contributed by atoms with Crippen molar-refractivity contribution in [2.75, 3.05) is 11.9 Å². The maximum Gasteiger partial charge on any atom is 0.162 e. The van der Waals surface area contributed by atoms with Crippen LogP contribution in [0.2, 0.25) is 0 Å². The lowest BCUT2D eigenvalue weighted by Crippen LogP contribution is -2.31. The van der Waals surface area contributed by atoms with E-state index in [2.05, 4.69) is 32.9 Å². The van der Waals surface area contributed by atoms with Gasteiger partial charge in [0.15, 0.2) is 5.82 Å². The molecule has 8 heteroatoms. The molecule has 0 aliphatic carbocycles. The van der Waals surface area contributed by atoms with E-state index in [0.29, 0.717) is 12.4 Å². The summed E-state index contributed by atoms with van der Waals surface area (Å²) in [5, 5.41) is 9.92. The van der Waals surface area contributed by atoms with Gasteiger partial charge in [-0.15, -0.1) is 11.3 Å². The quantitative estimate of drug-likeness (QED) is 0.394. The summed E-state index contributed by atoms with van der Waals surface area (Å²) in [6, 6.07) is 16.1. The first-order chi connectivity index (χ1) is 15.7. The zero-order chi connectivity index (χ0) is 21.9. The number of fused-ring (bicyclic) bond motifs is 1. The molecule has 5 aromatic rings. The molecule has 4 aromatic heterocycles. The van der Waals surface area contributed by atoms with Crippen molar-refractivity contribution in [3.8, 4) is 22.6 Å². The second kappa shape index (κ2) is 8.86. The van der Waals surface area contributed by atoms with Gasteiger partial charge < -0.3 is 11.1 Å². The van der Waals surface area contributed by atoms with Gasteiger partial charge in [0, 0.05) is 54.7 Å². The third-order valence-electron chi connectivity index (χ3n) is 5.32. The number of hydrogen-bond acceptors (Lipinski definition) is 7. The number of anilines is 1. The average Bonchev–Trinajstić information content (AvgIpc) is 3.44. The van der Waals surface area contributed by atoms with Crippen LogP contribution in [0.1, 0.15) is 5.56 Å². The van der Waals surface area contributed by atoms with Gasteiger partial charge in [-0.05, 0) is 30.2 Å². The van der Waals surface area contributed by atoms with Gasteiger partial charge in [-0.2, -0.15) is 5.10 Å². The molecule has 0 radical (unpaired) electrons. The van der Waals surface area contributed by atoms with Gasteiger partial charge in [-0.25, -0.2) is 9.97 Å². The first-order valence-corrected chi connectivity index (χ1v) is 11.3. The molecule has 0 aliphatic heterocycles. The van der Waals surface area contributed by atoms with Crippen LogP contribution < -0.4 is 11.1 Å². The molecule has 3 N–H and O–H groups in total. The minimum absolute atomic E-state index is 0.0386. The monoisotopic (exact) mass is 441 g/mol. The zero-order valence-electron chi connectivity index (χ0n) is 17.6. The first kappa shape index (κ1) is 20.3. The summed E-state index contributed by atoms with van der Waals surface area (Å²) in [6.07, 6.45) is 6.10. The molecule has 160 valence electrons. The number of benzene rings is 1. The van der Waals surface area contributed by atoms with Crippen LogP contribution in [0, 0.1) is 0 Å². The third-order valence-corrected chi connectivity index (χ3v) is 6.30. The molecule has 4 heterocycles. The molecule has 1 aromatic carbocycles. The van der Waals surface area contributed by atoms with Crippen LogP contribution in [0.3, 0.4) is 0 Å². The van der Waals surface area contributed by atoms with Crippen LogP contribution in [-0.2, 0) is 13.5 Å². The third kappa shape index (κ3) is 4.10. The van der Waals surface area contributed by atoms with Gasteiger partial charge in [0.2, 0.25) is 0 Å². The maximum atomic E-state index is 6.43. The Morgan fingerprint density at radius 3 is 2.59 bits per heavy atom. The molecule has 0 spiro atoms. The zero-order valence-corrected chi connectivity index (χ0v) is 18.5. The Morgan fingerprint density at radius 2 is 1.84 bits per heavy atom. The topological polar surface area (TPSA) is 94.5 Å². The molecule has 0 fully saturated rings. The molecular formula is C24H23N7S. The van der Waals surface area contributed by atoms with Gasteiger partial charge in [0.05, 0.1) is 15.9 Å². The molecule has 0 unspecified atom stereocenters. The fraction of sp³-hybridized carbons (Fsp3) is 0.167. The van der Waals surface area contributed by atoms with Crippen molar-refractivity contribution in [1.82, 2.24) is 24.7 Å². The van der Waals surface area contributed by atoms with Gasteiger partial charge in [0.25, 0.3) is 0 Å². The van der Waals surface area contributed by atoms with Gasteiger partial charge in [0.1, 0.15) is 5.82 Å². The van der Waals surface area contributed by atoms with Crippen molar-refractivity contribution >= 4 is 27.4 Å². The number of aromatic nitrogens is 5. The van der Waals surface area contributed by atoms with E-state index in [4.69, 9.17) is 15.7 Å². The highest BCUT2D eigenvalue weighted by Gasteiger charge is 2.18. The number of pyridine rings is 1. The van der Waals surface area contributed by atoms with Crippen molar-refractivity contribution in [2.24, 2.45) is 12.8 Å². The predicted octanol–water partition coefficient (Wildman–Crippen LogP) is 4.14. The van der Waals surface area contributed by atoms with E-state index in [1.54, 1.807) is 29.9 Å². The molecule has 0 saturated heterocycles. The molecule has 1 atom stereocenters. The van der Waals surface area contributed by atoms with E-state index >= 15 is 0 Å². The summed E-state index contributed by atoms with van der Waals surface area (Å²) in [5.74, 6) is 1.45. The minimum atomic E-state index is -0.0386. The number of hydrogen-bond donors (Lipinski definition) is 2. The number of nitrogens with one attached hydrogen (secondary N) is 1. The van der Waals surface area contributed by atoms with E-state index in [9.17, 15) is 0 Å². The molecule has 7 nitrogen and oxygen atoms in total. The van der Waals surface area contributed by atoms with Gasteiger partial charge in [-0.3, -0.25) is 9.67 Å². The predicted molar refractivity (Wildman–Crippen MR) is 129 cm³/mol. The van der Waals surface area contributed by atoms with Crippen LogP contribution in [0.4, 0.5) is 5.82 Å². The number of aryl methyl sites for hydroxylation is 1. The summed E-state index contributed by atoms with van der Waals surface area (Å²) in [4.78, 5) is 13.9. The fourth-order valence-electron chi connectivity index (χ4n) is 3.70. The number of thiophene rings is 1. The fourth-order valence-corrected chi connectivity index (χ4v) is 4.67. The Kier molecular flexibility index (Phi) is 5.62. The summed E-state index contributed by atoms with van der Waals surface area (Å²) >= 11 is 1.63. The van der Waals surface area contributed by atoms with Crippen molar-refractivity contribution in [2.45, 2.75) is 12.5 Å². The van der Waals surface area contributed by atoms with Crippen LogP contribution in [0.25, 0.3) is 32.9 Å². The highest BCUT2D eigenvalue weighted by Crippen LogP contribution is 2.37. The van der Waals surface area contributed by atoms with E-state index < -0.39 is 0 Å². The Morgan fingerprint density at radius 1 is 1.03 bits per heavy atom. The largest absolute Gasteiger partial charge is 0.367 e. The first-order valence-electron chi connectivity index (χ1n) is 10.4. The van der Waals surface area contributed by atoms with Crippen LogP contribution >= 0.6 is 11.3 Å². The normalized spacial score (nSPS) is 12.2. The smallest absolute Gasteiger partial charge is 0.162 e. The minimum Gasteiger partial charge on any atom is -0.367 e. The molecule has 32 heavy (non-hydrogen) atoms. The maximum absolute atomic E-state index is 6.43. The highest BCUT2D eigenvalue weighted by molar-refractivity contribution is 7.18. The van der Waals surface area contributed by atoms with Crippen molar-refractivity contribution in [3.05, 3.63) is 78.1 Å². The standard InChI is InChI=1S/C24H23N7S/c1-31-20(9-12-28-31)19-15-32-22-21(19)29-23(17-7-10-26-11-8-17)30-24(22)27-14-18(25)13-16-5-3-2-4-6-16/h2-12,15,18H,13-14,25H2,1H3,(H,27,29,30)/t18-/m0/s1. The Bertz CT molecular complexity index is 1330. The number of nitrogens with two attached hydrogens (primary N) is 1. The van der Waals surface area contributed by atoms with Gasteiger partial charge >= 0.3 is 0 Å². The lowest BCUT2D eigenvalue weighted by atomic mass is 10.1. The number of nitrogens with zero attached hydrogens (tertiary/aromatic N) is 5. The van der Waals surface area contributed by atoms with E-state index in [1.165, 1.54) is 5.56 Å². The molecule has 0 amide bonds. The summed E-state index contributed by atoms with van der Waals surface area (Å²) in [5.41, 5.74) is 11.5. The average molecular weight is 442 g/mol. The Labute approximate surface area is 190 Å². The molecule has 0 aliphatic rings. The van der Waals surface area contributed by atoms with Crippen LogP contribution in [0.15, 0.2) is 72.5 Å². The van der Waals surface area contributed by atoms with Crippen molar-refractivity contribution in [1.29, 1.82) is 0 Å². The SMILES string of the molecule is Cn1nccc1-c1csc2c(NC[C@@H](N)Cc3ccccc3)nc(-c3ccncc3)nc12. The Hall–Kier alpha value is -3.62. The van der Waals surface area contributed by atoms with Crippen LogP contribution in [0.5, 0.6) is 0 Å². The van der Waals surface area contributed by atoms with E-state index in [1.807, 2.05) is 48.1 Å². The molecule has 5 rings (SSSR count). The van der Waals surface area contributed by atoms with E-state index in [0.717, 1.165) is 39.3 Å². The van der Waals surface area contributed by atoms with Crippen LogP contribution in [-0.4, -0.2) is 37.3 Å². The summed E-state index contributed by atoms with van der Waals surface area (Å²) in [6.45, 7) is 0.607. The molecular weight excluding hydrogens is 418 g/mol. The molecule has 0 bridgehead atoms. The lowest BCUT2D eigenvalue weighted by molar-refractivity contribution is 0.698. The highest BCUT2D eigenvalue weighted by atomic mass is 32.1. The lowest BCUT2D eigenvalue weighted by Gasteiger charge is -2.14. The summed E-state index contributed by atoms with van der Waals surface area (Å²) in [7, 11) is 1.94. The second-order valence-corrected chi connectivity index (χ2v) is 8.51. The second-order valence-electron chi connectivity index (χ2n) is 7.63. The summed E-state index contributed by atoms with van der Waals surface area (Å²) < 4.78 is 2.87. The number of rotatable bonds is 7. The van der Waals surface area contributed by atoms with Crippen molar-refractivity contribution in [3.63, 3.8) is 0 Å². The van der Waals surface area contributed by atoms with Crippen molar-refractivity contribution < 1.29 is 0 Å². The van der Waals surface area contributed by atoms with Gasteiger partial charge in [-0.1, -0.05) is 30.3 Å². The molecule has 0 saturated carbocycles. The Balaban J connectivity index is 1.51.